The fraction of sp³-hybridized carbons (Fsp3) is 0.312. The van der Waals surface area contributed by atoms with E-state index in [2.05, 4.69) is 33.7 Å². The third-order valence-corrected chi connectivity index (χ3v) is 4.79. The van der Waals surface area contributed by atoms with Gasteiger partial charge in [-0.1, -0.05) is 18.2 Å². The number of anilines is 1. The molecule has 0 amide bonds. The molecule has 1 N–H and O–H groups in total. The SMILES string of the molecule is CCN(CCCNS(=O)(=O)c1cccnc1)c1ccccc1. The smallest absolute Gasteiger partial charge is 0.242 e. The standard InChI is InChI=1S/C16H21N3O2S/c1-2-19(15-8-4-3-5-9-15)13-7-12-18-22(20,21)16-10-6-11-17-14-16/h3-6,8-11,14,18H,2,7,12-13H2,1H3. The highest BCUT2D eigenvalue weighted by Gasteiger charge is 2.13. The van der Waals surface area contributed by atoms with Crippen LogP contribution in [0, 0.1) is 0 Å². The maximum Gasteiger partial charge on any atom is 0.242 e. The maximum atomic E-state index is 12.1. The zero-order valence-corrected chi connectivity index (χ0v) is 13.5. The number of benzene rings is 1. The second-order valence-electron chi connectivity index (χ2n) is 4.86. The third kappa shape index (κ3) is 4.54. The topological polar surface area (TPSA) is 62.3 Å². The summed E-state index contributed by atoms with van der Waals surface area (Å²) in [6.45, 7) is 4.18. The molecule has 0 atom stereocenters. The Labute approximate surface area is 132 Å². The van der Waals surface area contributed by atoms with Crippen molar-refractivity contribution in [2.75, 3.05) is 24.5 Å². The van der Waals surface area contributed by atoms with Crippen LogP contribution >= 0.6 is 0 Å². The molecular formula is C16H21N3O2S. The first kappa shape index (κ1) is 16.5. The second-order valence-corrected chi connectivity index (χ2v) is 6.62. The van der Waals surface area contributed by atoms with Gasteiger partial charge in [0.1, 0.15) is 4.90 Å². The summed E-state index contributed by atoms with van der Waals surface area (Å²) < 4.78 is 26.7. The molecule has 6 heteroatoms. The van der Waals surface area contributed by atoms with Crippen LogP contribution in [0.5, 0.6) is 0 Å². The van der Waals surface area contributed by atoms with Gasteiger partial charge in [-0.3, -0.25) is 4.98 Å². The van der Waals surface area contributed by atoms with Crippen molar-refractivity contribution in [2.45, 2.75) is 18.2 Å². The first-order valence-electron chi connectivity index (χ1n) is 7.33. The highest BCUT2D eigenvalue weighted by atomic mass is 32.2. The Kier molecular flexibility index (Phi) is 5.91. The lowest BCUT2D eigenvalue weighted by molar-refractivity contribution is 0.578. The van der Waals surface area contributed by atoms with Crippen LogP contribution < -0.4 is 9.62 Å². The fourth-order valence-electron chi connectivity index (χ4n) is 2.17. The summed E-state index contributed by atoms with van der Waals surface area (Å²) in [5.74, 6) is 0. The number of hydrogen-bond donors (Lipinski definition) is 1. The summed E-state index contributed by atoms with van der Waals surface area (Å²) in [4.78, 5) is 6.25. The minimum absolute atomic E-state index is 0.199. The Bertz CT molecular complexity index is 660. The molecule has 0 aliphatic carbocycles. The average Bonchev–Trinajstić information content (AvgIpc) is 2.56. The lowest BCUT2D eigenvalue weighted by Crippen LogP contribution is -2.30. The van der Waals surface area contributed by atoms with Crippen LogP contribution in [0.15, 0.2) is 59.8 Å². The number of aromatic nitrogens is 1. The molecule has 2 rings (SSSR count). The quantitative estimate of drug-likeness (QED) is 0.758. The van der Waals surface area contributed by atoms with E-state index in [1.165, 1.54) is 12.3 Å². The monoisotopic (exact) mass is 319 g/mol. The van der Waals surface area contributed by atoms with Crippen LogP contribution in [-0.4, -0.2) is 33.0 Å². The van der Waals surface area contributed by atoms with Crippen molar-refractivity contribution >= 4 is 15.7 Å². The minimum atomic E-state index is -3.46. The molecule has 22 heavy (non-hydrogen) atoms. The van der Waals surface area contributed by atoms with Gasteiger partial charge in [0.25, 0.3) is 0 Å². The van der Waals surface area contributed by atoms with Gasteiger partial charge in [0, 0.05) is 37.7 Å². The molecule has 0 radical (unpaired) electrons. The van der Waals surface area contributed by atoms with E-state index in [-0.39, 0.29) is 4.90 Å². The highest BCUT2D eigenvalue weighted by Crippen LogP contribution is 2.13. The van der Waals surface area contributed by atoms with Crippen LogP contribution in [0.4, 0.5) is 5.69 Å². The molecule has 118 valence electrons. The molecule has 1 aromatic heterocycles. The van der Waals surface area contributed by atoms with E-state index in [1.54, 1.807) is 12.3 Å². The predicted octanol–water partition coefficient (Wildman–Crippen LogP) is 2.28. The Morgan fingerprint density at radius 3 is 2.55 bits per heavy atom. The van der Waals surface area contributed by atoms with Crippen LogP contribution in [0.25, 0.3) is 0 Å². The lowest BCUT2D eigenvalue weighted by atomic mass is 10.2. The Morgan fingerprint density at radius 1 is 1.14 bits per heavy atom. The molecule has 0 spiro atoms. The first-order valence-corrected chi connectivity index (χ1v) is 8.81. The van der Waals surface area contributed by atoms with E-state index in [4.69, 9.17) is 0 Å². The summed E-state index contributed by atoms with van der Waals surface area (Å²) >= 11 is 0. The molecule has 0 saturated carbocycles. The summed E-state index contributed by atoms with van der Waals surface area (Å²) in [5.41, 5.74) is 1.15. The summed E-state index contributed by atoms with van der Waals surface area (Å²) in [5, 5.41) is 0. The average molecular weight is 319 g/mol. The molecular weight excluding hydrogens is 298 g/mol. The number of rotatable bonds is 8. The van der Waals surface area contributed by atoms with E-state index in [1.807, 2.05) is 18.2 Å². The van der Waals surface area contributed by atoms with Crippen molar-refractivity contribution in [3.05, 3.63) is 54.9 Å². The highest BCUT2D eigenvalue weighted by molar-refractivity contribution is 7.89. The van der Waals surface area contributed by atoms with Gasteiger partial charge in [-0.05, 0) is 37.6 Å². The van der Waals surface area contributed by atoms with Gasteiger partial charge in [0.15, 0.2) is 0 Å². The van der Waals surface area contributed by atoms with Crippen LogP contribution in [0.2, 0.25) is 0 Å². The molecule has 1 heterocycles. The number of pyridine rings is 1. The van der Waals surface area contributed by atoms with Crippen molar-refractivity contribution in [1.29, 1.82) is 0 Å². The fourth-order valence-corrected chi connectivity index (χ4v) is 3.21. The van der Waals surface area contributed by atoms with Gasteiger partial charge in [0.05, 0.1) is 0 Å². The molecule has 0 unspecified atom stereocenters. The number of hydrogen-bond acceptors (Lipinski definition) is 4. The largest absolute Gasteiger partial charge is 0.372 e. The third-order valence-electron chi connectivity index (χ3n) is 3.34. The molecule has 0 saturated heterocycles. The minimum Gasteiger partial charge on any atom is -0.372 e. The van der Waals surface area contributed by atoms with E-state index >= 15 is 0 Å². The van der Waals surface area contributed by atoms with Gasteiger partial charge in [-0.2, -0.15) is 0 Å². The number of sulfonamides is 1. The molecule has 0 fully saturated rings. The van der Waals surface area contributed by atoms with Crippen LogP contribution in [-0.2, 0) is 10.0 Å². The first-order chi connectivity index (χ1) is 10.6. The zero-order valence-electron chi connectivity index (χ0n) is 12.6. The predicted molar refractivity (Wildman–Crippen MR) is 88.4 cm³/mol. The molecule has 0 aliphatic heterocycles. The molecule has 2 aromatic rings. The van der Waals surface area contributed by atoms with Gasteiger partial charge >= 0.3 is 0 Å². The molecule has 5 nitrogen and oxygen atoms in total. The normalized spacial score (nSPS) is 11.3. The van der Waals surface area contributed by atoms with Crippen LogP contribution in [0.3, 0.4) is 0 Å². The molecule has 1 aromatic carbocycles. The van der Waals surface area contributed by atoms with Gasteiger partial charge in [-0.15, -0.1) is 0 Å². The van der Waals surface area contributed by atoms with Crippen LogP contribution in [0.1, 0.15) is 13.3 Å². The number of nitrogens with zero attached hydrogens (tertiary/aromatic N) is 2. The van der Waals surface area contributed by atoms with Crippen molar-refractivity contribution in [3.8, 4) is 0 Å². The summed E-state index contributed by atoms with van der Waals surface area (Å²) in [6.07, 6.45) is 3.64. The van der Waals surface area contributed by atoms with Crippen molar-refractivity contribution in [3.63, 3.8) is 0 Å². The lowest BCUT2D eigenvalue weighted by Gasteiger charge is -2.23. The van der Waals surface area contributed by atoms with Crippen molar-refractivity contribution in [1.82, 2.24) is 9.71 Å². The maximum absolute atomic E-state index is 12.1. The molecule has 0 bridgehead atoms. The van der Waals surface area contributed by atoms with E-state index < -0.39 is 10.0 Å². The summed E-state index contributed by atoms with van der Waals surface area (Å²) in [7, 11) is -3.46. The zero-order chi connectivity index (χ0) is 15.8. The van der Waals surface area contributed by atoms with Crippen molar-refractivity contribution in [2.24, 2.45) is 0 Å². The Morgan fingerprint density at radius 2 is 1.91 bits per heavy atom. The summed E-state index contributed by atoms with van der Waals surface area (Å²) in [6, 6.07) is 13.3. The van der Waals surface area contributed by atoms with Gasteiger partial charge < -0.3 is 4.90 Å². The van der Waals surface area contributed by atoms with Gasteiger partial charge in [0.2, 0.25) is 10.0 Å². The van der Waals surface area contributed by atoms with Gasteiger partial charge in [-0.25, -0.2) is 13.1 Å². The molecule has 0 aliphatic rings. The van der Waals surface area contributed by atoms with E-state index in [0.29, 0.717) is 6.54 Å². The Balaban J connectivity index is 1.84. The van der Waals surface area contributed by atoms with E-state index in [0.717, 1.165) is 25.2 Å². The Hall–Kier alpha value is -1.92. The van der Waals surface area contributed by atoms with Crippen molar-refractivity contribution < 1.29 is 8.42 Å². The number of nitrogens with one attached hydrogen (secondary N) is 1. The van der Waals surface area contributed by atoms with E-state index in [9.17, 15) is 8.42 Å². The second kappa shape index (κ2) is 7.91. The number of para-hydroxylation sites is 1.